The second kappa shape index (κ2) is 6.44. The predicted octanol–water partition coefficient (Wildman–Crippen LogP) is 0.649. The van der Waals surface area contributed by atoms with Crippen molar-refractivity contribution in [3.8, 4) is 5.75 Å². The first kappa shape index (κ1) is 15.8. The van der Waals surface area contributed by atoms with Gasteiger partial charge in [0.25, 0.3) is 0 Å². The van der Waals surface area contributed by atoms with Crippen LogP contribution in [0.5, 0.6) is 5.75 Å². The molecule has 1 aromatic rings. The standard InChI is InChI=1S/C14H20N2O4S/c1-2-21(18,19)16-7-8-20-13-5-3-11(4-6-14(15)17)9-12(13)10-16/h3,5,9H,2,4,6-8,10H2,1H3,(H2,15,17). The Morgan fingerprint density at radius 3 is 2.86 bits per heavy atom. The van der Waals surface area contributed by atoms with Gasteiger partial charge in [-0.1, -0.05) is 12.1 Å². The fourth-order valence-electron chi connectivity index (χ4n) is 2.27. The molecule has 0 bridgehead atoms. The molecule has 0 fully saturated rings. The van der Waals surface area contributed by atoms with Crippen LogP contribution in [-0.4, -0.2) is 37.5 Å². The Morgan fingerprint density at radius 1 is 1.43 bits per heavy atom. The number of sulfonamides is 1. The van der Waals surface area contributed by atoms with Gasteiger partial charge in [-0.25, -0.2) is 8.42 Å². The number of benzene rings is 1. The molecule has 0 aliphatic carbocycles. The number of ether oxygens (including phenoxy) is 1. The van der Waals surface area contributed by atoms with Crippen molar-refractivity contribution in [3.05, 3.63) is 29.3 Å². The molecule has 7 heteroatoms. The van der Waals surface area contributed by atoms with E-state index in [4.69, 9.17) is 10.5 Å². The van der Waals surface area contributed by atoms with E-state index in [-0.39, 0.29) is 18.1 Å². The van der Waals surface area contributed by atoms with Crippen LogP contribution < -0.4 is 10.5 Å². The lowest BCUT2D eigenvalue weighted by Gasteiger charge is -2.18. The molecule has 0 spiro atoms. The highest BCUT2D eigenvalue weighted by atomic mass is 32.2. The highest BCUT2D eigenvalue weighted by Gasteiger charge is 2.24. The van der Waals surface area contributed by atoms with Crippen molar-refractivity contribution in [3.63, 3.8) is 0 Å². The number of nitrogens with two attached hydrogens (primary N) is 1. The van der Waals surface area contributed by atoms with Gasteiger partial charge in [-0.2, -0.15) is 4.31 Å². The molecule has 1 aliphatic heterocycles. The molecular weight excluding hydrogens is 292 g/mol. The van der Waals surface area contributed by atoms with Crippen molar-refractivity contribution in [2.45, 2.75) is 26.3 Å². The van der Waals surface area contributed by atoms with Crippen molar-refractivity contribution in [2.75, 3.05) is 18.9 Å². The molecule has 1 heterocycles. The largest absolute Gasteiger partial charge is 0.492 e. The van der Waals surface area contributed by atoms with E-state index in [2.05, 4.69) is 0 Å². The lowest BCUT2D eigenvalue weighted by molar-refractivity contribution is -0.117. The summed E-state index contributed by atoms with van der Waals surface area (Å²) in [6.07, 6.45) is 0.819. The van der Waals surface area contributed by atoms with Crippen LogP contribution in [0.25, 0.3) is 0 Å². The van der Waals surface area contributed by atoms with Gasteiger partial charge in [0.15, 0.2) is 0 Å². The van der Waals surface area contributed by atoms with Crippen molar-refractivity contribution in [1.29, 1.82) is 0 Å². The van der Waals surface area contributed by atoms with Crippen molar-refractivity contribution in [1.82, 2.24) is 4.31 Å². The third kappa shape index (κ3) is 3.95. The summed E-state index contributed by atoms with van der Waals surface area (Å²) in [6, 6.07) is 5.60. The molecule has 21 heavy (non-hydrogen) atoms. The Hall–Kier alpha value is -1.60. The maximum absolute atomic E-state index is 12.0. The maximum Gasteiger partial charge on any atom is 0.217 e. The molecule has 1 aliphatic rings. The first-order valence-corrected chi connectivity index (χ1v) is 8.54. The van der Waals surface area contributed by atoms with Crippen LogP contribution in [0.3, 0.4) is 0 Å². The third-order valence-electron chi connectivity index (χ3n) is 3.49. The number of amides is 1. The molecule has 0 saturated heterocycles. The predicted molar refractivity (Wildman–Crippen MR) is 79.3 cm³/mol. The summed E-state index contributed by atoms with van der Waals surface area (Å²) in [6.45, 7) is 2.62. The van der Waals surface area contributed by atoms with E-state index < -0.39 is 10.0 Å². The number of hydrogen-bond donors (Lipinski definition) is 1. The molecule has 1 aromatic carbocycles. The monoisotopic (exact) mass is 312 g/mol. The van der Waals surface area contributed by atoms with Crippen LogP contribution in [0.15, 0.2) is 18.2 Å². The average molecular weight is 312 g/mol. The molecule has 0 unspecified atom stereocenters. The van der Waals surface area contributed by atoms with Crippen molar-refractivity contribution >= 4 is 15.9 Å². The van der Waals surface area contributed by atoms with Gasteiger partial charge >= 0.3 is 0 Å². The first-order chi connectivity index (χ1) is 9.92. The van der Waals surface area contributed by atoms with Gasteiger partial charge in [0, 0.05) is 25.1 Å². The van der Waals surface area contributed by atoms with Gasteiger partial charge in [-0.15, -0.1) is 0 Å². The number of fused-ring (bicyclic) bond motifs is 1. The molecule has 0 atom stereocenters. The number of hydrogen-bond acceptors (Lipinski definition) is 4. The Morgan fingerprint density at radius 2 is 2.19 bits per heavy atom. The lowest BCUT2D eigenvalue weighted by Crippen LogP contribution is -2.33. The number of aryl methyl sites for hydroxylation is 1. The number of carbonyl (C=O) groups is 1. The molecule has 116 valence electrons. The Balaban J connectivity index is 2.23. The van der Waals surface area contributed by atoms with E-state index in [0.29, 0.717) is 31.9 Å². The minimum absolute atomic E-state index is 0.0731. The summed E-state index contributed by atoms with van der Waals surface area (Å²) in [4.78, 5) is 10.8. The van der Waals surface area contributed by atoms with Crippen molar-refractivity contribution in [2.24, 2.45) is 5.73 Å². The van der Waals surface area contributed by atoms with Crippen LogP contribution in [0.1, 0.15) is 24.5 Å². The van der Waals surface area contributed by atoms with E-state index in [1.54, 1.807) is 6.92 Å². The molecule has 6 nitrogen and oxygen atoms in total. The van der Waals surface area contributed by atoms with Gasteiger partial charge < -0.3 is 10.5 Å². The first-order valence-electron chi connectivity index (χ1n) is 6.93. The number of nitrogens with zero attached hydrogens (tertiary/aromatic N) is 1. The van der Waals surface area contributed by atoms with Gasteiger partial charge in [0.1, 0.15) is 12.4 Å². The van der Waals surface area contributed by atoms with Gasteiger partial charge in [0.05, 0.1) is 5.75 Å². The SMILES string of the molecule is CCS(=O)(=O)N1CCOc2ccc(CCC(N)=O)cc2C1. The Kier molecular flexibility index (Phi) is 4.84. The number of primary amides is 1. The fraction of sp³-hybridized carbons (Fsp3) is 0.500. The molecule has 0 aromatic heterocycles. The minimum Gasteiger partial charge on any atom is -0.492 e. The second-order valence-corrected chi connectivity index (χ2v) is 7.25. The zero-order valence-electron chi connectivity index (χ0n) is 12.0. The molecule has 1 amide bonds. The Labute approximate surface area is 124 Å². The lowest BCUT2D eigenvalue weighted by atomic mass is 10.1. The number of rotatable bonds is 5. The fourth-order valence-corrected chi connectivity index (χ4v) is 3.32. The molecule has 0 saturated carbocycles. The van der Waals surface area contributed by atoms with E-state index in [9.17, 15) is 13.2 Å². The summed E-state index contributed by atoms with van der Waals surface area (Å²) >= 11 is 0. The zero-order chi connectivity index (χ0) is 15.5. The van der Waals surface area contributed by atoms with Crippen LogP contribution in [0.2, 0.25) is 0 Å². The van der Waals surface area contributed by atoms with Crippen LogP contribution in [-0.2, 0) is 27.8 Å². The second-order valence-electron chi connectivity index (χ2n) is 4.99. The van der Waals surface area contributed by atoms with E-state index in [0.717, 1.165) is 11.1 Å². The van der Waals surface area contributed by atoms with Crippen molar-refractivity contribution < 1.29 is 17.9 Å². The molecule has 0 radical (unpaired) electrons. The number of carbonyl (C=O) groups excluding carboxylic acids is 1. The molecular formula is C14H20N2O4S. The van der Waals surface area contributed by atoms with E-state index >= 15 is 0 Å². The molecule has 2 rings (SSSR count). The smallest absolute Gasteiger partial charge is 0.217 e. The van der Waals surface area contributed by atoms with E-state index in [1.165, 1.54) is 4.31 Å². The van der Waals surface area contributed by atoms with E-state index in [1.807, 2.05) is 18.2 Å². The van der Waals surface area contributed by atoms with Gasteiger partial charge in [-0.3, -0.25) is 4.79 Å². The topological polar surface area (TPSA) is 89.7 Å². The highest BCUT2D eigenvalue weighted by molar-refractivity contribution is 7.89. The van der Waals surface area contributed by atoms with Crippen LogP contribution in [0.4, 0.5) is 0 Å². The quantitative estimate of drug-likeness (QED) is 0.864. The summed E-state index contributed by atoms with van der Waals surface area (Å²) in [5.74, 6) is 0.423. The zero-order valence-corrected chi connectivity index (χ0v) is 12.9. The maximum atomic E-state index is 12.0. The minimum atomic E-state index is -3.25. The van der Waals surface area contributed by atoms with Gasteiger partial charge in [0.2, 0.25) is 15.9 Å². The summed E-state index contributed by atoms with van der Waals surface area (Å²) in [5, 5.41) is 0. The summed E-state index contributed by atoms with van der Waals surface area (Å²) in [5.41, 5.74) is 6.93. The normalized spacial score (nSPS) is 15.9. The van der Waals surface area contributed by atoms with Crippen LogP contribution >= 0.6 is 0 Å². The van der Waals surface area contributed by atoms with Gasteiger partial charge in [-0.05, 0) is 25.0 Å². The summed E-state index contributed by atoms with van der Waals surface area (Å²) < 4.78 is 31.1. The summed E-state index contributed by atoms with van der Waals surface area (Å²) in [7, 11) is -3.25. The average Bonchev–Trinajstić information content (AvgIpc) is 2.67. The highest BCUT2D eigenvalue weighted by Crippen LogP contribution is 2.26. The molecule has 2 N–H and O–H groups in total. The third-order valence-corrected chi connectivity index (χ3v) is 5.32. The van der Waals surface area contributed by atoms with Crippen LogP contribution in [0, 0.1) is 0 Å². The Bertz CT molecular complexity index is 628.